The number of aromatic nitrogens is 2. The molecular weight excluding hydrogens is 290 g/mol. The molecule has 0 unspecified atom stereocenters. The maximum Gasteiger partial charge on any atom is 0.272 e. The van der Waals surface area contributed by atoms with Gasteiger partial charge >= 0.3 is 0 Å². The monoisotopic (exact) mass is 319 g/mol. The maximum atomic E-state index is 12.6. The molecule has 2 N–H and O–H groups in total. The first kappa shape index (κ1) is 16.5. The highest BCUT2D eigenvalue weighted by atomic mass is 16.3. The van der Waals surface area contributed by atoms with Crippen molar-refractivity contribution in [2.45, 2.75) is 70.8 Å². The zero-order valence-electron chi connectivity index (χ0n) is 14.6. The van der Waals surface area contributed by atoms with E-state index in [1.807, 2.05) is 25.6 Å². The van der Waals surface area contributed by atoms with Gasteiger partial charge in [-0.05, 0) is 38.5 Å². The molecule has 0 aliphatic heterocycles. The third-order valence-corrected chi connectivity index (χ3v) is 5.96. The first-order valence-corrected chi connectivity index (χ1v) is 8.89. The Morgan fingerprint density at radius 2 is 1.91 bits per heavy atom. The van der Waals surface area contributed by atoms with Crippen molar-refractivity contribution in [2.24, 2.45) is 12.5 Å². The van der Waals surface area contributed by atoms with Crippen molar-refractivity contribution < 1.29 is 9.90 Å². The lowest BCUT2D eigenvalue weighted by Crippen LogP contribution is -2.49. The Balaban J connectivity index is 1.70. The van der Waals surface area contributed by atoms with Gasteiger partial charge in [-0.25, -0.2) is 0 Å². The molecule has 1 amide bonds. The summed E-state index contributed by atoms with van der Waals surface area (Å²) in [4.78, 5) is 12.6. The maximum absolute atomic E-state index is 12.6. The molecule has 1 fully saturated rings. The van der Waals surface area contributed by atoms with Crippen LogP contribution >= 0.6 is 0 Å². The summed E-state index contributed by atoms with van der Waals surface area (Å²) in [6.07, 6.45) is 8.06. The molecule has 0 atom stereocenters. The number of rotatable bonds is 4. The zero-order valence-corrected chi connectivity index (χ0v) is 14.6. The van der Waals surface area contributed by atoms with Crippen LogP contribution in [0, 0.1) is 5.41 Å². The van der Waals surface area contributed by atoms with Crippen molar-refractivity contribution in [2.75, 3.05) is 6.54 Å². The minimum atomic E-state index is -0.663. The quantitative estimate of drug-likeness (QED) is 0.895. The first-order valence-electron chi connectivity index (χ1n) is 8.89. The van der Waals surface area contributed by atoms with Crippen LogP contribution in [-0.4, -0.2) is 32.9 Å². The average Bonchev–Trinajstić information content (AvgIpc) is 3.11. The van der Waals surface area contributed by atoms with Crippen LogP contribution in [0.15, 0.2) is 0 Å². The SMILES string of the molecule is Cn1nc(C(=O)NCC(C)(C)C2(O)CCCC2)c2c1CCCC2. The van der Waals surface area contributed by atoms with Crippen LogP contribution in [0.25, 0.3) is 0 Å². The van der Waals surface area contributed by atoms with E-state index in [0.29, 0.717) is 12.2 Å². The average molecular weight is 319 g/mol. The van der Waals surface area contributed by atoms with Crippen molar-refractivity contribution in [1.82, 2.24) is 15.1 Å². The summed E-state index contributed by atoms with van der Waals surface area (Å²) in [6.45, 7) is 4.58. The number of aryl methyl sites for hydroxylation is 1. The topological polar surface area (TPSA) is 67.2 Å². The van der Waals surface area contributed by atoms with Crippen LogP contribution in [0.1, 0.15) is 74.1 Å². The Bertz CT molecular complexity index is 598. The van der Waals surface area contributed by atoms with Gasteiger partial charge < -0.3 is 10.4 Å². The van der Waals surface area contributed by atoms with Crippen molar-refractivity contribution in [3.05, 3.63) is 17.0 Å². The molecule has 128 valence electrons. The Morgan fingerprint density at radius 1 is 1.26 bits per heavy atom. The van der Waals surface area contributed by atoms with E-state index < -0.39 is 5.60 Å². The highest BCUT2D eigenvalue weighted by Crippen LogP contribution is 2.43. The number of carbonyl (C=O) groups excluding carboxylic acids is 1. The number of nitrogens with one attached hydrogen (secondary N) is 1. The number of nitrogens with zero attached hydrogens (tertiary/aromatic N) is 2. The molecular formula is C18H29N3O2. The van der Waals surface area contributed by atoms with Gasteiger partial charge in [0.15, 0.2) is 5.69 Å². The molecule has 23 heavy (non-hydrogen) atoms. The zero-order chi connectivity index (χ0) is 16.7. The molecule has 0 radical (unpaired) electrons. The number of hydrogen-bond donors (Lipinski definition) is 2. The molecule has 0 spiro atoms. The van der Waals surface area contributed by atoms with E-state index in [4.69, 9.17) is 0 Å². The highest BCUT2D eigenvalue weighted by molar-refractivity contribution is 5.94. The van der Waals surface area contributed by atoms with Crippen LogP contribution < -0.4 is 5.32 Å². The fourth-order valence-corrected chi connectivity index (χ4v) is 4.14. The van der Waals surface area contributed by atoms with Crippen molar-refractivity contribution >= 4 is 5.91 Å². The van der Waals surface area contributed by atoms with E-state index in [2.05, 4.69) is 10.4 Å². The third kappa shape index (κ3) is 2.91. The minimum absolute atomic E-state index is 0.0987. The molecule has 2 aliphatic carbocycles. The molecule has 0 bridgehead atoms. The summed E-state index contributed by atoms with van der Waals surface area (Å²) < 4.78 is 1.86. The predicted molar refractivity (Wildman–Crippen MR) is 89.4 cm³/mol. The van der Waals surface area contributed by atoms with Gasteiger partial charge in [0.25, 0.3) is 5.91 Å². The summed E-state index contributed by atoms with van der Waals surface area (Å²) in [5.74, 6) is -0.0987. The summed E-state index contributed by atoms with van der Waals surface area (Å²) in [5.41, 5.74) is 1.91. The molecule has 0 saturated heterocycles. The molecule has 1 aromatic rings. The number of hydrogen-bond acceptors (Lipinski definition) is 3. The van der Waals surface area contributed by atoms with Gasteiger partial charge in [-0.15, -0.1) is 0 Å². The van der Waals surface area contributed by atoms with E-state index >= 15 is 0 Å². The van der Waals surface area contributed by atoms with E-state index in [1.165, 1.54) is 12.1 Å². The lowest BCUT2D eigenvalue weighted by Gasteiger charge is -2.40. The Hall–Kier alpha value is -1.36. The van der Waals surface area contributed by atoms with Crippen molar-refractivity contribution in [3.63, 3.8) is 0 Å². The van der Waals surface area contributed by atoms with E-state index in [-0.39, 0.29) is 11.3 Å². The van der Waals surface area contributed by atoms with Crippen LogP contribution in [0.5, 0.6) is 0 Å². The van der Waals surface area contributed by atoms with Crippen LogP contribution in [-0.2, 0) is 19.9 Å². The largest absolute Gasteiger partial charge is 0.389 e. The van der Waals surface area contributed by atoms with Gasteiger partial charge in [0.1, 0.15) is 0 Å². The predicted octanol–water partition coefficient (Wildman–Crippen LogP) is 2.36. The van der Waals surface area contributed by atoms with Crippen molar-refractivity contribution in [1.29, 1.82) is 0 Å². The van der Waals surface area contributed by atoms with Gasteiger partial charge in [0.05, 0.1) is 5.60 Å². The molecule has 1 aromatic heterocycles. The van der Waals surface area contributed by atoms with Gasteiger partial charge in [0, 0.05) is 30.3 Å². The fraction of sp³-hybridized carbons (Fsp3) is 0.778. The molecule has 3 rings (SSSR count). The van der Waals surface area contributed by atoms with Crippen LogP contribution in [0.2, 0.25) is 0 Å². The lowest BCUT2D eigenvalue weighted by atomic mass is 9.73. The highest BCUT2D eigenvalue weighted by Gasteiger charge is 2.45. The Labute approximate surface area is 138 Å². The van der Waals surface area contributed by atoms with E-state index in [9.17, 15) is 9.90 Å². The summed E-state index contributed by atoms with van der Waals surface area (Å²) in [7, 11) is 1.92. The Morgan fingerprint density at radius 3 is 2.61 bits per heavy atom. The second-order valence-electron chi connectivity index (χ2n) is 7.91. The summed E-state index contributed by atoms with van der Waals surface area (Å²) in [5, 5.41) is 18.3. The summed E-state index contributed by atoms with van der Waals surface area (Å²) in [6, 6.07) is 0. The first-order chi connectivity index (χ1) is 10.8. The summed E-state index contributed by atoms with van der Waals surface area (Å²) >= 11 is 0. The molecule has 1 heterocycles. The third-order valence-electron chi connectivity index (χ3n) is 5.96. The van der Waals surface area contributed by atoms with Crippen molar-refractivity contribution in [3.8, 4) is 0 Å². The smallest absolute Gasteiger partial charge is 0.272 e. The number of carbonyl (C=O) groups is 1. The minimum Gasteiger partial charge on any atom is -0.389 e. The van der Waals surface area contributed by atoms with E-state index in [1.54, 1.807) is 0 Å². The number of fused-ring (bicyclic) bond motifs is 1. The van der Waals surface area contributed by atoms with Crippen LogP contribution in [0.4, 0.5) is 0 Å². The van der Waals surface area contributed by atoms with Gasteiger partial charge in [-0.1, -0.05) is 26.7 Å². The van der Waals surface area contributed by atoms with E-state index in [0.717, 1.165) is 50.5 Å². The second kappa shape index (κ2) is 5.93. The van der Waals surface area contributed by atoms with Gasteiger partial charge in [-0.3, -0.25) is 9.48 Å². The number of aliphatic hydroxyl groups is 1. The molecule has 0 aromatic carbocycles. The lowest BCUT2D eigenvalue weighted by molar-refractivity contribution is -0.0591. The standard InChI is InChI=1S/C18H29N3O2/c1-17(2,18(23)10-6-7-11-18)12-19-16(22)15-13-8-4-5-9-14(13)21(3)20-15/h23H,4-12H2,1-3H3,(H,19,22). The molecule has 2 aliphatic rings. The second-order valence-corrected chi connectivity index (χ2v) is 7.91. The van der Waals surface area contributed by atoms with Crippen LogP contribution in [0.3, 0.4) is 0 Å². The normalized spacial score (nSPS) is 20.3. The Kier molecular flexibility index (Phi) is 4.25. The molecule has 5 nitrogen and oxygen atoms in total. The number of amides is 1. The molecule has 1 saturated carbocycles. The van der Waals surface area contributed by atoms with Gasteiger partial charge in [0.2, 0.25) is 0 Å². The van der Waals surface area contributed by atoms with Gasteiger partial charge in [-0.2, -0.15) is 5.10 Å². The fourth-order valence-electron chi connectivity index (χ4n) is 4.14. The molecule has 5 heteroatoms.